The molecule has 0 bridgehead atoms. The maximum atomic E-state index is 13.0. The van der Waals surface area contributed by atoms with E-state index in [0.29, 0.717) is 5.92 Å². The molecule has 0 spiro atoms. The van der Waals surface area contributed by atoms with Crippen molar-refractivity contribution in [3.63, 3.8) is 0 Å². The van der Waals surface area contributed by atoms with E-state index in [4.69, 9.17) is 4.74 Å². The highest BCUT2D eigenvalue weighted by molar-refractivity contribution is 5.30. The lowest BCUT2D eigenvalue weighted by molar-refractivity contribution is 0.0816. The monoisotopic (exact) mass is 251 g/mol. The zero-order valence-corrected chi connectivity index (χ0v) is 11.2. The summed E-state index contributed by atoms with van der Waals surface area (Å²) in [6, 6.07) is 6.89. The molecule has 0 aliphatic carbocycles. The molecule has 1 N–H and O–H groups in total. The van der Waals surface area contributed by atoms with Crippen molar-refractivity contribution in [2.75, 3.05) is 26.3 Å². The summed E-state index contributed by atoms with van der Waals surface area (Å²) in [5.41, 5.74) is 1.36. The lowest BCUT2D eigenvalue weighted by Crippen LogP contribution is -2.57. The van der Waals surface area contributed by atoms with Gasteiger partial charge in [0.25, 0.3) is 0 Å². The average Bonchev–Trinajstić information content (AvgIpc) is 2.28. The molecule has 3 heteroatoms. The van der Waals surface area contributed by atoms with E-state index >= 15 is 0 Å². The summed E-state index contributed by atoms with van der Waals surface area (Å²) in [5.74, 6) is 0.406. The molecule has 0 amide bonds. The van der Waals surface area contributed by atoms with Crippen LogP contribution in [0.25, 0.3) is 0 Å². The first kappa shape index (κ1) is 13.5. The number of hydrogen-bond donors (Lipinski definition) is 1. The van der Waals surface area contributed by atoms with E-state index in [1.54, 1.807) is 12.1 Å². The van der Waals surface area contributed by atoms with Crippen molar-refractivity contribution < 1.29 is 9.13 Å². The van der Waals surface area contributed by atoms with E-state index < -0.39 is 0 Å². The molecule has 1 heterocycles. The van der Waals surface area contributed by atoms with Crippen molar-refractivity contribution in [2.24, 2.45) is 5.92 Å². The van der Waals surface area contributed by atoms with Crippen LogP contribution in [0.1, 0.15) is 25.8 Å². The minimum absolute atomic E-state index is 0.144. The van der Waals surface area contributed by atoms with Crippen molar-refractivity contribution >= 4 is 0 Å². The molecule has 0 saturated carbocycles. The standard InChI is InChI=1S/C15H22FNO/c1-12(2)9-18-8-7-15(10-17-11-15)13-3-5-14(16)6-4-13/h3-6,12,17H,7-11H2,1-2H3. The summed E-state index contributed by atoms with van der Waals surface area (Å²) < 4.78 is 18.6. The summed E-state index contributed by atoms with van der Waals surface area (Å²) in [6.07, 6.45) is 0.998. The second kappa shape index (κ2) is 5.81. The van der Waals surface area contributed by atoms with Gasteiger partial charge in [-0.05, 0) is 30.0 Å². The van der Waals surface area contributed by atoms with E-state index in [-0.39, 0.29) is 11.2 Å². The number of benzene rings is 1. The van der Waals surface area contributed by atoms with Crippen LogP contribution in [0.3, 0.4) is 0 Å². The van der Waals surface area contributed by atoms with Gasteiger partial charge in [-0.1, -0.05) is 26.0 Å². The SMILES string of the molecule is CC(C)COCCC1(c2ccc(F)cc2)CNC1. The van der Waals surface area contributed by atoms with Crippen molar-refractivity contribution in [1.29, 1.82) is 0 Å². The number of nitrogens with one attached hydrogen (secondary N) is 1. The molecular formula is C15H22FNO. The second-order valence-electron chi connectivity index (χ2n) is 5.61. The molecule has 0 radical (unpaired) electrons. The third-order valence-electron chi connectivity index (χ3n) is 3.56. The van der Waals surface area contributed by atoms with Crippen LogP contribution in [0, 0.1) is 11.7 Å². The summed E-state index contributed by atoms with van der Waals surface area (Å²) in [7, 11) is 0. The molecule has 18 heavy (non-hydrogen) atoms. The second-order valence-corrected chi connectivity index (χ2v) is 5.61. The molecule has 1 aromatic carbocycles. The zero-order chi connectivity index (χ0) is 13.0. The Morgan fingerprint density at radius 2 is 1.94 bits per heavy atom. The fourth-order valence-corrected chi connectivity index (χ4v) is 2.34. The zero-order valence-electron chi connectivity index (χ0n) is 11.2. The average molecular weight is 251 g/mol. The first-order valence-electron chi connectivity index (χ1n) is 6.67. The van der Waals surface area contributed by atoms with Gasteiger partial charge in [-0.3, -0.25) is 0 Å². The van der Waals surface area contributed by atoms with E-state index in [9.17, 15) is 4.39 Å². The Hall–Kier alpha value is -0.930. The van der Waals surface area contributed by atoms with Crippen LogP contribution in [0.15, 0.2) is 24.3 Å². The molecule has 2 rings (SSSR count). The first-order valence-corrected chi connectivity index (χ1v) is 6.67. The molecule has 0 aromatic heterocycles. The van der Waals surface area contributed by atoms with Crippen LogP contribution in [-0.4, -0.2) is 26.3 Å². The predicted octanol–water partition coefficient (Wildman–Crippen LogP) is 2.73. The highest BCUT2D eigenvalue weighted by Crippen LogP contribution is 2.32. The summed E-state index contributed by atoms with van der Waals surface area (Å²) >= 11 is 0. The third-order valence-corrected chi connectivity index (χ3v) is 3.56. The van der Waals surface area contributed by atoms with Gasteiger partial charge >= 0.3 is 0 Å². The topological polar surface area (TPSA) is 21.3 Å². The Labute approximate surface area is 109 Å². The Morgan fingerprint density at radius 1 is 1.28 bits per heavy atom. The van der Waals surface area contributed by atoms with Gasteiger partial charge in [0.2, 0.25) is 0 Å². The van der Waals surface area contributed by atoms with E-state index in [0.717, 1.165) is 32.7 Å². The van der Waals surface area contributed by atoms with Gasteiger partial charge in [-0.25, -0.2) is 4.39 Å². The van der Waals surface area contributed by atoms with Gasteiger partial charge in [0, 0.05) is 31.7 Å². The molecule has 1 aliphatic rings. The molecule has 1 fully saturated rings. The minimum Gasteiger partial charge on any atom is -0.381 e. The van der Waals surface area contributed by atoms with Crippen LogP contribution in [0.4, 0.5) is 4.39 Å². The van der Waals surface area contributed by atoms with Crippen LogP contribution < -0.4 is 5.32 Å². The van der Waals surface area contributed by atoms with Gasteiger partial charge < -0.3 is 10.1 Å². The van der Waals surface area contributed by atoms with E-state index in [1.807, 2.05) is 12.1 Å². The maximum absolute atomic E-state index is 13.0. The largest absolute Gasteiger partial charge is 0.381 e. The Morgan fingerprint density at radius 3 is 2.44 bits per heavy atom. The predicted molar refractivity (Wildman–Crippen MR) is 71.2 cm³/mol. The normalized spacial score (nSPS) is 17.8. The third kappa shape index (κ3) is 3.09. The van der Waals surface area contributed by atoms with Gasteiger partial charge in [0.1, 0.15) is 5.82 Å². The number of hydrogen-bond acceptors (Lipinski definition) is 2. The Bertz CT molecular complexity index is 371. The van der Waals surface area contributed by atoms with Crippen LogP contribution in [-0.2, 0) is 10.2 Å². The summed E-state index contributed by atoms with van der Waals surface area (Å²) in [5, 5.41) is 3.32. The van der Waals surface area contributed by atoms with Crippen molar-refractivity contribution in [3.8, 4) is 0 Å². The van der Waals surface area contributed by atoms with Crippen LogP contribution in [0.5, 0.6) is 0 Å². The van der Waals surface area contributed by atoms with Gasteiger partial charge in [-0.15, -0.1) is 0 Å². The first-order chi connectivity index (χ1) is 8.62. The van der Waals surface area contributed by atoms with Crippen molar-refractivity contribution in [1.82, 2.24) is 5.32 Å². The molecule has 2 nitrogen and oxygen atoms in total. The number of rotatable bonds is 6. The van der Waals surface area contributed by atoms with Gasteiger partial charge in [-0.2, -0.15) is 0 Å². The Kier molecular flexibility index (Phi) is 4.36. The van der Waals surface area contributed by atoms with E-state index in [2.05, 4.69) is 19.2 Å². The van der Waals surface area contributed by atoms with E-state index in [1.165, 1.54) is 5.56 Å². The highest BCUT2D eigenvalue weighted by atomic mass is 19.1. The molecule has 1 saturated heterocycles. The van der Waals surface area contributed by atoms with Crippen LogP contribution >= 0.6 is 0 Å². The van der Waals surface area contributed by atoms with Crippen molar-refractivity contribution in [2.45, 2.75) is 25.7 Å². The molecule has 1 aromatic rings. The quantitative estimate of drug-likeness (QED) is 0.785. The summed E-state index contributed by atoms with van der Waals surface area (Å²) in [6.45, 7) is 7.82. The van der Waals surface area contributed by atoms with Gasteiger partial charge in [0.15, 0.2) is 0 Å². The molecule has 100 valence electrons. The molecule has 1 aliphatic heterocycles. The molecular weight excluding hydrogens is 229 g/mol. The maximum Gasteiger partial charge on any atom is 0.123 e. The minimum atomic E-state index is -0.169. The molecule has 0 atom stereocenters. The fourth-order valence-electron chi connectivity index (χ4n) is 2.34. The lowest BCUT2D eigenvalue weighted by atomic mass is 9.73. The number of halogens is 1. The van der Waals surface area contributed by atoms with Crippen molar-refractivity contribution in [3.05, 3.63) is 35.6 Å². The molecule has 0 unspecified atom stereocenters. The Balaban J connectivity index is 1.92. The van der Waals surface area contributed by atoms with Gasteiger partial charge in [0.05, 0.1) is 0 Å². The lowest BCUT2D eigenvalue weighted by Gasteiger charge is -2.43. The number of ether oxygens (including phenoxy) is 1. The highest BCUT2D eigenvalue weighted by Gasteiger charge is 2.38. The van der Waals surface area contributed by atoms with Crippen LogP contribution in [0.2, 0.25) is 0 Å². The smallest absolute Gasteiger partial charge is 0.123 e. The summed E-state index contributed by atoms with van der Waals surface area (Å²) in [4.78, 5) is 0. The fraction of sp³-hybridized carbons (Fsp3) is 0.600.